The topological polar surface area (TPSA) is 54.9 Å². The van der Waals surface area contributed by atoms with Crippen LogP contribution in [0.5, 0.6) is 5.75 Å². The highest BCUT2D eigenvalue weighted by atomic mass is 127. The quantitative estimate of drug-likeness (QED) is 0.402. The summed E-state index contributed by atoms with van der Waals surface area (Å²) < 4.78 is 11.2. The van der Waals surface area contributed by atoms with Crippen molar-refractivity contribution in [2.24, 2.45) is 4.99 Å². The van der Waals surface area contributed by atoms with Gasteiger partial charge < -0.3 is 20.1 Å². The molecular weight excluding hydrogens is 417 g/mol. The molecule has 6 heteroatoms. The Hall–Kier alpha value is -1.02. The number of methoxy groups -OCH3 is 1. The Labute approximate surface area is 161 Å². The molecule has 1 aromatic carbocycles. The fraction of sp³-hybridized carbons (Fsp3) is 0.611. The van der Waals surface area contributed by atoms with Crippen LogP contribution in [0.15, 0.2) is 29.3 Å². The maximum absolute atomic E-state index is 5.64. The van der Waals surface area contributed by atoms with Gasteiger partial charge in [0.05, 0.1) is 13.2 Å². The van der Waals surface area contributed by atoms with Gasteiger partial charge in [-0.3, -0.25) is 4.99 Å². The first-order valence-corrected chi connectivity index (χ1v) is 8.47. The maximum Gasteiger partial charge on any atom is 0.191 e. The van der Waals surface area contributed by atoms with E-state index in [0.717, 1.165) is 44.2 Å². The van der Waals surface area contributed by atoms with Crippen LogP contribution in [-0.2, 0) is 10.2 Å². The molecular formula is C18H28IN3O2. The van der Waals surface area contributed by atoms with Crippen molar-refractivity contribution in [2.75, 3.05) is 33.9 Å². The number of hydrogen-bond acceptors (Lipinski definition) is 3. The summed E-state index contributed by atoms with van der Waals surface area (Å²) in [5, 5.41) is 6.85. The lowest BCUT2D eigenvalue weighted by atomic mass is 9.95. The molecule has 0 bridgehead atoms. The van der Waals surface area contributed by atoms with Crippen LogP contribution < -0.4 is 15.4 Å². The second-order valence-electron chi connectivity index (χ2n) is 6.42. The summed E-state index contributed by atoms with van der Waals surface area (Å²) in [6.45, 7) is 2.58. The van der Waals surface area contributed by atoms with Crippen molar-refractivity contribution in [1.29, 1.82) is 0 Å². The van der Waals surface area contributed by atoms with Gasteiger partial charge in [0.1, 0.15) is 5.75 Å². The molecule has 1 atom stereocenters. The number of para-hydroxylation sites is 1. The third-order valence-electron chi connectivity index (χ3n) is 4.87. The molecule has 0 amide bonds. The lowest BCUT2D eigenvalue weighted by Crippen LogP contribution is -2.43. The second kappa shape index (κ2) is 8.89. The van der Waals surface area contributed by atoms with Crippen molar-refractivity contribution in [1.82, 2.24) is 10.6 Å². The van der Waals surface area contributed by atoms with E-state index in [1.54, 1.807) is 7.11 Å². The molecule has 2 fully saturated rings. The summed E-state index contributed by atoms with van der Waals surface area (Å²) in [4.78, 5) is 4.32. The summed E-state index contributed by atoms with van der Waals surface area (Å²) in [6.07, 6.45) is 4.98. The normalized spacial score (nSPS) is 21.8. The average molecular weight is 445 g/mol. The van der Waals surface area contributed by atoms with Gasteiger partial charge in [0.25, 0.3) is 0 Å². The zero-order valence-corrected chi connectivity index (χ0v) is 16.8. The average Bonchev–Trinajstić information content (AvgIpc) is 3.20. The van der Waals surface area contributed by atoms with E-state index < -0.39 is 0 Å². The van der Waals surface area contributed by atoms with Gasteiger partial charge in [0, 0.05) is 37.7 Å². The van der Waals surface area contributed by atoms with Gasteiger partial charge in [0.15, 0.2) is 5.96 Å². The van der Waals surface area contributed by atoms with E-state index >= 15 is 0 Å². The Morgan fingerprint density at radius 1 is 1.33 bits per heavy atom. The molecule has 1 unspecified atom stereocenters. The molecule has 1 aliphatic heterocycles. The van der Waals surface area contributed by atoms with E-state index in [4.69, 9.17) is 9.47 Å². The number of benzene rings is 1. The van der Waals surface area contributed by atoms with Gasteiger partial charge in [0.2, 0.25) is 0 Å². The number of ether oxygens (including phenoxy) is 2. The van der Waals surface area contributed by atoms with E-state index in [-0.39, 0.29) is 29.4 Å². The predicted molar refractivity (Wildman–Crippen MR) is 108 cm³/mol. The van der Waals surface area contributed by atoms with Crippen LogP contribution >= 0.6 is 24.0 Å². The van der Waals surface area contributed by atoms with Gasteiger partial charge in [-0.05, 0) is 31.7 Å². The number of halogens is 1. The molecule has 2 N–H and O–H groups in total. The Balaban J connectivity index is 0.00000208. The van der Waals surface area contributed by atoms with Crippen LogP contribution in [0, 0.1) is 0 Å². The Kier molecular flexibility index (Phi) is 7.16. The largest absolute Gasteiger partial charge is 0.496 e. The van der Waals surface area contributed by atoms with Crippen molar-refractivity contribution in [2.45, 2.75) is 37.2 Å². The Bertz CT molecular complexity index is 555. The van der Waals surface area contributed by atoms with Crippen LogP contribution in [0.1, 0.15) is 31.2 Å². The molecule has 2 aliphatic rings. The molecule has 1 aliphatic carbocycles. The molecule has 5 nitrogen and oxygen atoms in total. The first-order chi connectivity index (χ1) is 11.3. The number of aliphatic imine (C=N–C) groups is 1. The monoisotopic (exact) mass is 445 g/mol. The lowest BCUT2D eigenvalue weighted by molar-refractivity contribution is 0.114. The minimum Gasteiger partial charge on any atom is -0.496 e. The van der Waals surface area contributed by atoms with Crippen molar-refractivity contribution >= 4 is 29.9 Å². The fourth-order valence-corrected chi connectivity index (χ4v) is 3.26. The van der Waals surface area contributed by atoms with Crippen molar-refractivity contribution in [3.05, 3.63) is 29.8 Å². The zero-order chi connectivity index (χ0) is 16.1. The minimum atomic E-state index is 0. The van der Waals surface area contributed by atoms with Crippen LogP contribution in [0.3, 0.4) is 0 Å². The summed E-state index contributed by atoms with van der Waals surface area (Å²) in [5.41, 5.74) is 1.47. The Morgan fingerprint density at radius 2 is 2.12 bits per heavy atom. The first-order valence-electron chi connectivity index (χ1n) is 8.47. The van der Waals surface area contributed by atoms with E-state index in [1.807, 2.05) is 19.2 Å². The standard InChI is InChI=1S/C18H27N3O2.HI/c1-19-17(20-12-14-6-5-11-23-14)21-13-18(9-10-18)15-7-3-4-8-16(15)22-2;/h3-4,7-8,14H,5-6,9-13H2,1-2H3,(H2,19,20,21);1H. The number of hydrogen-bond donors (Lipinski definition) is 2. The summed E-state index contributed by atoms with van der Waals surface area (Å²) in [7, 11) is 3.55. The minimum absolute atomic E-state index is 0. The molecule has 1 saturated heterocycles. The van der Waals surface area contributed by atoms with Gasteiger partial charge in [-0.15, -0.1) is 24.0 Å². The molecule has 24 heavy (non-hydrogen) atoms. The number of guanidine groups is 1. The molecule has 1 heterocycles. The molecule has 0 spiro atoms. The summed E-state index contributed by atoms with van der Waals surface area (Å²) in [5.74, 6) is 1.83. The highest BCUT2D eigenvalue weighted by Crippen LogP contribution is 2.50. The van der Waals surface area contributed by atoms with Crippen molar-refractivity contribution in [3.8, 4) is 5.75 Å². The second-order valence-corrected chi connectivity index (χ2v) is 6.42. The van der Waals surface area contributed by atoms with Crippen molar-refractivity contribution < 1.29 is 9.47 Å². The molecule has 0 radical (unpaired) electrons. The van der Waals surface area contributed by atoms with E-state index in [9.17, 15) is 0 Å². The maximum atomic E-state index is 5.64. The highest BCUT2D eigenvalue weighted by molar-refractivity contribution is 14.0. The van der Waals surface area contributed by atoms with Gasteiger partial charge in [-0.25, -0.2) is 0 Å². The van der Waals surface area contributed by atoms with Gasteiger partial charge >= 0.3 is 0 Å². The number of rotatable bonds is 6. The molecule has 1 saturated carbocycles. The third kappa shape index (κ3) is 4.53. The fourth-order valence-electron chi connectivity index (χ4n) is 3.26. The summed E-state index contributed by atoms with van der Waals surface area (Å²) in [6, 6.07) is 8.33. The molecule has 0 aromatic heterocycles. The lowest BCUT2D eigenvalue weighted by Gasteiger charge is -2.21. The van der Waals surface area contributed by atoms with Crippen LogP contribution in [0.25, 0.3) is 0 Å². The van der Waals surface area contributed by atoms with Crippen molar-refractivity contribution in [3.63, 3.8) is 0 Å². The zero-order valence-electron chi connectivity index (χ0n) is 14.5. The third-order valence-corrected chi connectivity index (χ3v) is 4.87. The molecule has 134 valence electrons. The smallest absolute Gasteiger partial charge is 0.191 e. The SMILES string of the molecule is CN=C(NCC1CCCO1)NCC1(c2ccccc2OC)CC1.I. The number of nitrogens with one attached hydrogen (secondary N) is 2. The van der Waals surface area contributed by atoms with E-state index in [0.29, 0.717) is 6.10 Å². The van der Waals surface area contributed by atoms with Crippen LogP contribution in [0.4, 0.5) is 0 Å². The van der Waals surface area contributed by atoms with Crippen LogP contribution in [0.2, 0.25) is 0 Å². The summed E-state index contributed by atoms with van der Waals surface area (Å²) >= 11 is 0. The molecule has 1 aromatic rings. The molecule has 3 rings (SSSR count). The Morgan fingerprint density at radius 3 is 2.75 bits per heavy atom. The van der Waals surface area contributed by atoms with E-state index in [2.05, 4.69) is 27.8 Å². The number of nitrogens with zero attached hydrogens (tertiary/aromatic N) is 1. The van der Waals surface area contributed by atoms with Gasteiger partial charge in [-0.2, -0.15) is 0 Å². The van der Waals surface area contributed by atoms with Gasteiger partial charge in [-0.1, -0.05) is 18.2 Å². The predicted octanol–water partition coefficient (Wildman–Crippen LogP) is 2.69. The highest BCUT2D eigenvalue weighted by Gasteiger charge is 2.46. The van der Waals surface area contributed by atoms with Crippen LogP contribution in [-0.4, -0.2) is 45.9 Å². The first kappa shape index (κ1) is 19.3. The van der Waals surface area contributed by atoms with E-state index in [1.165, 1.54) is 18.4 Å².